The van der Waals surface area contributed by atoms with Crippen LogP contribution in [0.1, 0.15) is 12.0 Å². The molecule has 140 valence electrons. The van der Waals surface area contributed by atoms with Gasteiger partial charge in [-0.2, -0.15) is 0 Å². The molecule has 1 aliphatic rings. The summed E-state index contributed by atoms with van der Waals surface area (Å²) in [5, 5.41) is 14.0. The molecule has 0 radical (unpaired) electrons. The van der Waals surface area contributed by atoms with Gasteiger partial charge in [0.05, 0.1) is 10.2 Å². The first-order valence-corrected chi connectivity index (χ1v) is 9.73. The third kappa shape index (κ3) is 3.74. The van der Waals surface area contributed by atoms with Gasteiger partial charge in [0, 0.05) is 44.2 Å². The van der Waals surface area contributed by atoms with Gasteiger partial charge in [-0.3, -0.25) is 9.69 Å². The van der Waals surface area contributed by atoms with Gasteiger partial charge in [-0.15, -0.1) is 11.3 Å². The highest BCUT2D eigenvalue weighted by Gasteiger charge is 2.21. The maximum absolute atomic E-state index is 11.5. The van der Waals surface area contributed by atoms with E-state index in [9.17, 15) is 9.90 Å². The smallest absolute Gasteiger partial charge is 0.221 e. The van der Waals surface area contributed by atoms with Gasteiger partial charge in [-0.05, 0) is 24.3 Å². The van der Waals surface area contributed by atoms with Crippen LogP contribution < -0.4 is 10.1 Å². The molecule has 0 unspecified atom stereocenters. The average Bonchev–Trinajstić information content (AvgIpc) is 3.00. The molecule has 3 aromatic rings. The molecule has 0 spiro atoms. The molecule has 2 N–H and O–H groups in total. The highest BCUT2D eigenvalue weighted by Crippen LogP contribution is 2.39. The average molecular weight is 383 g/mol. The Morgan fingerprint density at radius 3 is 3.04 bits per heavy atom. The predicted octanol–water partition coefficient (Wildman–Crippen LogP) is 3.00. The molecule has 1 aliphatic heterocycles. The van der Waals surface area contributed by atoms with Gasteiger partial charge in [0.1, 0.15) is 11.6 Å². The number of fused-ring (bicyclic) bond motifs is 2. The van der Waals surface area contributed by atoms with Crippen molar-refractivity contribution in [2.45, 2.75) is 13.0 Å². The van der Waals surface area contributed by atoms with Crippen molar-refractivity contribution in [1.82, 2.24) is 15.2 Å². The Balaban J connectivity index is 1.64. The number of benzene rings is 2. The number of amides is 1. The molecule has 6 nitrogen and oxygen atoms in total. The van der Waals surface area contributed by atoms with Crippen molar-refractivity contribution in [3.05, 3.63) is 42.0 Å². The first kappa shape index (κ1) is 17.8. The molecule has 0 aliphatic carbocycles. The molecule has 2 heterocycles. The standard InChI is InChI=1S/C20H21N3O3S/c1-21-18(25)6-7-23-8-9-26-19-14(12-23)10-13(11-16(19)24)20-22-15-4-2-3-5-17(15)27-20/h2-5,10-11,24H,6-9,12H2,1H3,(H,21,25). The number of aromatic nitrogens is 1. The predicted molar refractivity (Wildman–Crippen MR) is 106 cm³/mol. The molecule has 27 heavy (non-hydrogen) atoms. The van der Waals surface area contributed by atoms with E-state index in [0.29, 0.717) is 38.4 Å². The minimum Gasteiger partial charge on any atom is -0.504 e. The number of carbonyl (C=O) groups is 1. The van der Waals surface area contributed by atoms with Crippen molar-refractivity contribution in [2.75, 3.05) is 26.7 Å². The van der Waals surface area contributed by atoms with E-state index >= 15 is 0 Å². The van der Waals surface area contributed by atoms with Crippen LogP contribution in [0.5, 0.6) is 11.5 Å². The summed E-state index contributed by atoms with van der Waals surface area (Å²) < 4.78 is 6.90. The second kappa shape index (κ2) is 7.54. The molecule has 0 saturated carbocycles. The molecule has 0 fully saturated rings. The molecule has 1 amide bonds. The van der Waals surface area contributed by atoms with E-state index in [-0.39, 0.29) is 11.7 Å². The number of rotatable bonds is 4. The lowest BCUT2D eigenvalue weighted by molar-refractivity contribution is -0.121. The molecule has 0 bridgehead atoms. The zero-order valence-corrected chi connectivity index (χ0v) is 15.9. The Morgan fingerprint density at radius 1 is 1.37 bits per heavy atom. The van der Waals surface area contributed by atoms with Crippen LogP contribution in [0, 0.1) is 0 Å². The fraction of sp³-hybridized carbons (Fsp3) is 0.300. The third-order valence-corrected chi connectivity index (χ3v) is 5.75. The monoisotopic (exact) mass is 383 g/mol. The molecular weight excluding hydrogens is 362 g/mol. The van der Waals surface area contributed by atoms with Crippen LogP contribution in [0.15, 0.2) is 36.4 Å². The Hall–Kier alpha value is -2.64. The molecule has 0 atom stereocenters. The number of nitrogens with one attached hydrogen (secondary N) is 1. The number of phenolic OH excluding ortho intramolecular Hbond substituents is 1. The van der Waals surface area contributed by atoms with Gasteiger partial charge in [-0.1, -0.05) is 12.1 Å². The summed E-state index contributed by atoms with van der Waals surface area (Å²) in [6.07, 6.45) is 0.440. The number of hydrogen-bond donors (Lipinski definition) is 2. The van der Waals surface area contributed by atoms with Gasteiger partial charge in [0.2, 0.25) is 5.91 Å². The SMILES string of the molecule is CNC(=O)CCN1CCOc2c(O)cc(-c3nc4ccccc4s3)cc2C1. The van der Waals surface area contributed by atoms with Crippen molar-refractivity contribution in [3.8, 4) is 22.1 Å². The van der Waals surface area contributed by atoms with Crippen molar-refractivity contribution in [3.63, 3.8) is 0 Å². The second-order valence-corrected chi connectivity index (χ2v) is 7.55. The lowest BCUT2D eigenvalue weighted by Gasteiger charge is -2.18. The van der Waals surface area contributed by atoms with Gasteiger partial charge in [0.25, 0.3) is 0 Å². The topological polar surface area (TPSA) is 74.7 Å². The van der Waals surface area contributed by atoms with Gasteiger partial charge in [0.15, 0.2) is 11.5 Å². The van der Waals surface area contributed by atoms with Crippen LogP contribution in [0.25, 0.3) is 20.8 Å². The number of aromatic hydroxyl groups is 1. The van der Waals surface area contributed by atoms with Gasteiger partial charge >= 0.3 is 0 Å². The van der Waals surface area contributed by atoms with E-state index in [4.69, 9.17) is 4.74 Å². The molecule has 1 aromatic heterocycles. The highest BCUT2D eigenvalue weighted by atomic mass is 32.1. The molecular formula is C20H21N3O3S. The first-order chi connectivity index (χ1) is 13.1. The third-order valence-electron chi connectivity index (χ3n) is 4.67. The maximum Gasteiger partial charge on any atom is 0.221 e. The van der Waals surface area contributed by atoms with Crippen LogP contribution >= 0.6 is 11.3 Å². The number of para-hydroxylation sites is 1. The number of ether oxygens (including phenoxy) is 1. The van der Waals surface area contributed by atoms with Crippen molar-refractivity contribution >= 4 is 27.5 Å². The van der Waals surface area contributed by atoms with Crippen LogP contribution in [0.2, 0.25) is 0 Å². The summed E-state index contributed by atoms with van der Waals surface area (Å²) in [7, 11) is 1.64. The van der Waals surface area contributed by atoms with E-state index in [0.717, 1.165) is 26.4 Å². The van der Waals surface area contributed by atoms with Crippen molar-refractivity contribution < 1.29 is 14.6 Å². The Bertz CT molecular complexity index is 953. The summed E-state index contributed by atoms with van der Waals surface area (Å²) in [6, 6.07) is 11.8. The summed E-state index contributed by atoms with van der Waals surface area (Å²) in [6.45, 7) is 2.46. The van der Waals surface area contributed by atoms with E-state index in [1.807, 2.05) is 30.3 Å². The van der Waals surface area contributed by atoms with Crippen LogP contribution in [0.3, 0.4) is 0 Å². The highest BCUT2D eigenvalue weighted by molar-refractivity contribution is 7.21. The van der Waals surface area contributed by atoms with E-state index in [1.165, 1.54) is 0 Å². The number of carbonyl (C=O) groups excluding carboxylic acids is 1. The van der Waals surface area contributed by atoms with Crippen molar-refractivity contribution in [2.24, 2.45) is 0 Å². The first-order valence-electron chi connectivity index (χ1n) is 8.91. The van der Waals surface area contributed by atoms with Gasteiger partial charge < -0.3 is 15.2 Å². The van der Waals surface area contributed by atoms with E-state index in [2.05, 4.69) is 15.2 Å². The normalized spacial score (nSPS) is 14.4. The summed E-state index contributed by atoms with van der Waals surface area (Å²) in [4.78, 5) is 18.4. The quantitative estimate of drug-likeness (QED) is 0.724. The van der Waals surface area contributed by atoms with Gasteiger partial charge in [-0.25, -0.2) is 4.98 Å². The largest absolute Gasteiger partial charge is 0.504 e. The fourth-order valence-corrected chi connectivity index (χ4v) is 4.20. The molecule has 2 aromatic carbocycles. The number of thiazole rings is 1. The zero-order valence-electron chi connectivity index (χ0n) is 15.1. The van der Waals surface area contributed by atoms with Crippen molar-refractivity contribution in [1.29, 1.82) is 0 Å². The zero-order chi connectivity index (χ0) is 18.8. The van der Waals surface area contributed by atoms with Crippen LogP contribution in [-0.4, -0.2) is 47.6 Å². The van der Waals surface area contributed by atoms with Crippen LogP contribution in [-0.2, 0) is 11.3 Å². The van der Waals surface area contributed by atoms with E-state index in [1.54, 1.807) is 24.5 Å². The summed E-state index contributed by atoms with van der Waals surface area (Å²) in [5.41, 5.74) is 2.75. The number of nitrogens with zero attached hydrogens (tertiary/aromatic N) is 2. The lowest BCUT2D eigenvalue weighted by atomic mass is 10.1. The summed E-state index contributed by atoms with van der Waals surface area (Å²) >= 11 is 1.60. The minimum atomic E-state index is 0.0199. The lowest BCUT2D eigenvalue weighted by Crippen LogP contribution is -2.30. The summed E-state index contributed by atoms with van der Waals surface area (Å²) in [5.74, 6) is 0.684. The number of hydrogen-bond acceptors (Lipinski definition) is 6. The maximum atomic E-state index is 11.5. The Labute approximate surface area is 161 Å². The number of phenols is 1. The fourth-order valence-electron chi connectivity index (χ4n) is 3.25. The second-order valence-electron chi connectivity index (χ2n) is 6.52. The minimum absolute atomic E-state index is 0.0199. The molecule has 0 saturated heterocycles. The molecule has 7 heteroatoms. The van der Waals surface area contributed by atoms with Crippen LogP contribution in [0.4, 0.5) is 0 Å². The Kier molecular flexibility index (Phi) is 4.96. The Morgan fingerprint density at radius 2 is 2.22 bits per heavy atom. The molecule has 4 rings (SSSR count). The van der Waals surface area contributed by atoms with E-state index < -0.39 is 0 Å².